The number of furan rings is 1. The minimum Gasteiger partial charge on any atom is -0.488 e. The lowest BCUT2D eigenvalue weighted by molar-refractivity contribution is 0.158. The van der Waals surface area contributed by atoms with Crippen molar-refractivity contribution in [3.8, 4) is 5.75 Å². The summed E-state index contributed by atoms with van der Waals surface area (Å²) in [7, 11) is 0. The van der Waals surface area contributed by atoms with Crippen LogP contribution in [0.5, 0.6) is 5.75 Å². The maximum Gasteiger partial charge on any atom is 0.191 e. The van der Waals surface area contributed by atoms with Gasteiger partial charge >= 0.3 is 0 Å². The molecule has 2 unspecified atom stereocenters. The van der Waals surface area contributed by atoms with E-state index in [9.17, 15) is 5.11 Å². The molecule has 2 rings (SSSR count). The van der Waals surface area contributed by atoms with E-state index in [0.717, 1.165) is 16.8 Å². The molecule has 1 heterocycles. The first kappa shape index (κ1) is 19.3. The van der Waals surface area contributed by atoms with Crippen molar-refractivity contribution in [2.45, 2.75) is 26.1 Å². The van der Waals surface area contributed by atoms with Gasteiger partial charge in [-0.05, 0) is 54.0 Å². The number of hydrogen-bond donors (Lipinski definition) is 3. The summed E-state index contributed by atoms with van der Waals surface area (Å²) in [6, 6.07) is 11.2. The number of nitrogens with one attached hydrogen (secondary N) is 2. The molecule has 0 spiro atoms. The molecule has 25 heavy (non-hydrogen) atoms. The normalized spacial score (nSPS) is 14.0. The van der Waals surface area contributed by atoms with Gasteiger partial charge in [0.2, 0.25) is 0 Å². The fourth-order valence-electron chi connectivity index (χ4n) is 2.13. The van der Waals surface area contributed by atoms with Crippen LogP contribution in [0.3, 0.4) is 0 Å². The molecule has 0 aliphatic heterocycles. The molecule has 0 aliphatic carbocycles. The molecule has 7 heteroatoms. The summed E-state index contributed by atoms with van der Waals surface area (Å²) in [6.07, 6.45) is 0.712. The molecule has 136 valence electrons. The predicted molar refractivity (Wildman–Crippen MR) is 102 cm³/mol. The molecule has 1 aromatic carbocycles. The number of nitrogens with zero attached hydrogens (tertiary/aromatic N) is 1. The van der Waals surface area contributed by atoms with E-state index < -0.39 is 6.10 Å². The Morgan fingerprint density at radius 3 is 2.76 bits per heavy atom. The zero-order chi connectivity index (χ0) is 18.1. The molecule has 0 bridgehead atoms. The van der Waals surface area contributed by atoms with E-state index in [4.69, 9.17) is 9.15 Å². The number of para-hydroxylation sites is 1. The Hall–Kier alpha value is -1.99. The minimum atomic E-state index is -0.764. The molecule has 1 aromatic heterocycles. The molecule has 0 saturated carbocycles. The number of halogens is 1. The van der Waals surface area contributed by atoms with Crippen LogP contribution in [0.2, 0.25) is 0 Å². The summed E-state index contributed by atoms with van der Waals surface area (Å²) in [5.41, 5.74) is 0. The molecular weight excluding hydrogens is 386 g/mol. The Morgan fingerprint density at radius 1 is 1.28 bits per heavy atom. The Balaban J connectivity index is 1.85. The largest absolute Gasteiger partial charge is 0.488 e. The third-order valence-corrected chi connectivity index (χ3v) is 4.02. The lowest BCUT2D eigenvalue weighted by Gasteiger charge is -2.18. The lowest BCUT2D eigenvalue weighted by atomic mass is 10.3. The van der Waals surface area contributed by atoms with E-state index in [1.807, 2.05) is 38.1 Å². The molecule has 0 amide bonds. The quantitative estimate of drug-likeness (QED) is 0.461. The first-order valence-corrected chi connectivity index (χ1v) is 9.04. The van der Waals surface area contributed by atoms with E-state index in [2.05, 4.69) is 31.6 Å². The van der Waals surface area contributed by atoms with E-state index in [1.165, 1.54) is 6.26 Å². The maximum atomic E-state index is 10.0. The van der Waals surface area contributed by atoms with Gasteiger partial charge in [-0.25, -0.2) is 0 Å². The Bertz CT molecular complexity index is 661. The number of rotatable bonds is 8. The molecule has 6 nitrogen and oxygen atoms in total. The third-order valence-electron chi connectivity index (χ3n) is 3.36. The Labute approximate surface area is 156 Å². The van der Waals surface area contributed by atoms with Gasteiger partial charge in [-0.3, -0.25) is 4.99 Å². The van der Waals surface area contributed by atoms with E-state index in [1.54, 1.807) is 12.1 Å². The van der Waals surface area contributed by atoms with Gasteiger partial charge in [-0.1, -0.05) is 12.1 Å². The van der Waals surface area contributed by atoms with Crippen molar-refractivity contribution in [3.63, 3.8) is 0 Å². The SMILES string of the molecule is CCNC(=NCC(O)c1ccco1)NCC(C)Oc1ccccc1Br. The van der Waals surface area contributed by atoms with Crippen LogP contribution in [-0.4, -0.2) is 36.8 Å². The smallest absolute Gasteiger partial charge is 0.191 e. The topological polar surface area (TPSA) is 79.0 Å². The number of ether oxygens (including phenoxy) is 1. The van der Waals surface area contributed by atoms with Crippen LogP contribution in [0.25, 0.3) is 0 Å². The molecule has 0 aliphatic rings. The van der Waals surface area contributed by atoms with Crippen LogP contribution in [0.15, 0.2) is 56.5 Å². The van der Waals surface area contributed by atoms with Crippen LogP contribution in [0.1, 0.15) is 25.7 Å². The van der Waals surface area contributed by atoms with Gasteiger partial charge in [0.15, 0.2) is 5.96 Å². The number of aliphatic hydroxyl groups excluding tert-OH is 1. The van der Waals surface area contributed by atoms with Crippen LogP contribution in [0.4, 0.5) is 0 Å². The zero-order valence-corrected chi connectivity index (χ0v) is 16.0. The van der Waals surface area contributed by atoms with Crippen molar-refractivity contribution in [2.75, 3.05) is 19.6 Å². The second kappa shape index (κ2) is 10.1. The summed E-state index contributed by atoms with van der Waals surface area (Å²) in [6.45, 7) is 5.48. The number of benzene rings is 1. The highest BCUT2D eigenvalue weighted by atomic mass is 79.9. The van der Waals surface area contributed by atoms with Gasteiger partial charge in [0.05, 0.1) is 23.8 Å². The minimum absolute atomic E-state index is 0.0578. The lowest BCUT2D eigenvalue weighted by Crippen LogP contribution is -2.42. The highest BCUT2D eigenvalue weighted by molar-refractivity contribution is 9.10. The van der Waals surface area contributed by atoms with Crippen molar-refractivity contribution in [3.05, 3.63) is 52.9 Å². The molecule has 0 fully saturated rings. The van der Waals surface area contributed by atoms with Crippen molar-refractivity contribution in [2.24, 2.45) is 4.99 Å². The Kier molecular flexibility index (Phi) is 7.81. The molecular formula is C18H24BrN3O3. The van der Waals surface area contributed by atoms with Gasteiger partial charge in [0, 0.05) is 6.54 Å². The highest BCUT2D eigenvalue weighted by Gasteiger charge is 2.11. The van der Waals surface area contributed by atoms with Gasteiger partial charge < -0.3 is 24.9 Å². The van der Waals surface area contributed by atoms with Crippen molar-refractivity contribution in [1.29, 1.82) is 0 Å². The summed E-state index contributed by atoms with van der Waals surface area (Å²) in [5, 5.41) is 16.4. The van der Waals surface area contributed by atoms with Crippen LogP contribution >= 0.6 is 15.9 Å². The first-order chi connectivity index (χ1) is 12.1. The fourth-order valence-corrected chi connectivity index (χ4v) is 2.51. The summed E-state index contributed by atoms with van der Waals surface area (Å²) >= 11 is 3.47. The van der Waals surface area contributed by atoms with Gasteiger partial charge in [-0.15, -0.1) is 0 Å². The van der Waals surface area contributed by atoms with Crippen LogP contribution < -0.4 is 15.4 Å². The molecule has 0 radical (unpaired) electrons. The summed E-state index contributed by atoms with van der Waals surface area (Å²) in [4.78, 5) is 4.39. The van der Waals surface area contributed by atoms with Crippen LogP contribution in [-0.2, 0) is 0 Å². The average Bonchev–Trinajstić information content (AvgIpc) is 3.14. The molecule has 2 aromatic rings. The highest BCUT2D eigenvalue weighted by Crippen LogP contribution is 2.24. The second-order valence-electron chi connectivity index (χ2n) is 5.49. The number of aliphatic hydroxyl groups is 1. The van der Waals surface area contributed by atoms with E-state index >= 15 is 0 Å². The van der Waals surface area contributed by atoms with Crippen molar-refractivity contribution in [1.82, 2.24) is 10.6 Å². The summed E-state index contributed by atoms with van der Waals surface area (Å²) < 4.78 is 12.0. The van der Waals surface area contributed by atoms with E-state index in [-0.39, 0.29) is 12.6 Å². The van der Waals surface area contributed by atoms with Gasteiger partial charge in [-0.2, -0.15) is 0 Å². The molecule has 0 saturated heterocycles. The van der Waals surface area contributed by atoms with Crippen molar-refractivity contribution >= 4 is 21.9 Å². The second-order valence-corrected chi connectivity index (χ2v) is 6.34. The predicted octanol–water partition coefficient (Wildman–Crippen LogP) is 3.10. The van der Waals surface area contributed by atoms with E-state index in [0.29, 0.717) is 18.3 Å². The standard InChI is InChI=1S/C18H24BrN3O3/c1-3-20-18(22-12-15(23)17-9-6-10-24-17)21-11-13(2)25-16-8-5-4-7-14(16)19/h4-10,13,15,23H,3,11-12H2,1-2H3,(H2,20,21,22). The third kappa shape index (κ3) is 6.43. The number of hydrogen-bond acceptors (Lipinski definition) is 4. The fraction of sp³-hybridized carbons (Fsp3) is 0.389. The monoisotopic (exact) mass is 409 g/mol. The van der Waals surface area contributed by atoms with Crippen molar-refractivity contribution < 1.29 is 14.3 Å². The Morgan fingerprint density at radius 2 is 2.08 bits per heavy atom. The van der Waals surface area contributed by atoms with Gasteiger partial charge in [0.1, 0.15) is 23.7 Å². The average molecular weight is 410 g/mol. The maximum absolute atomic E-state index is 10.0. The number of aliphatic imine (C=N–C) groups is 1. The molecule has 3 N–H and O–H groups in total. The zero-order valence-electron chi connectivity index (χ0n) is 14.4. The first-order valence-electron chi connectivity index (χ1n) is 8.25. The number of guanidine groups is 1. The molecule has 2 atom stereocenters. The van der Waals surface area contributed by atoms with Gasteiger partial charge in [0.25, 0.3) is 0 Å². The summed E-state index contributed by atoms with van der Waals surface area (Å²) in [5.74, 6) is 1.92. The van der Waals surface area contributed by atoms with Crippen LogP contribution in [0, 0.1) is 0 Å².